The Labute approximate surface area is 174 Å². The number of carbonyl (C=O) groups excluding carboxylic acids is 1. The molecule has 29 heavy (non-hydrogen) atoms. The van der Waals surface area contributed by atoms with Gasteiger partial charge in [-0.15, -0.1) is 0 Å². The SMILES string of the molecule is CC(C)(C)COc1c(C#N)cnc2ccc(C=C3SC(=NC4CC4)NC3=O)cc12. The molecule has 4 rings (SSSR count). The number of thioether (sulfide) groups is 1. The number of carbonyl (C=O) groups is 1. The van der Waals surface area contributed by atoms with E-state index >= 15 is 0 Å². The fourth-order valence-electron chi connectivity index (χ4n) is 2.81. The van der Waals surface area contributed by atoms with Crippen LogP contribution in [0.4, 0.5) is 0 Å². The molecule has 6 nitrogen and oxygen atoms in total. The Morgan fingerprint density at radius 3 is 2.90 bits per heavy atom. The fourth-order valence-corrected chi connectivity index (χ4v) is 3.70. The minimum absolute atomic E-state index is 0.0439. The molecular formula is C22H22N4O2S. The molecule has 0 radical (unpaired) electrons. The first-order chi connectivity index (χ1) is 13.8. The lowest BCUT2D eigenvalue weighted by atomic mass is 9.98. The average molecular weight is 407 g/mol. The van der Waals surface area contributed by atoms with E-state index in [9.17, 15) is 10.1 Å². The van der Waals surface area contributed by atoms with Crippen molar-refractivity contribution >= 4 is 39.8 Å². The molecule has 2 heterocycles. The van der Waals surface area contributed by atoms with Gasteiger partial charge in [0, 0.05) is 11.6 Å². The third-order valence-corrected chi connectivity index (χ3v) is 5.33. The third-order valence-electron chi connectivity index (χ3n) is 4.41. The van der Waals surface area contributed by atoms with Gasteiger partial charge >= 0.3 is 0 Å². The van der Waals surface area contributed by atoms with E-state index in [1.165, 1.54) is 11.8 Å². The minimum Gasteiger partial charge on any atom is -0.491 e. The number of rotatable bonds is 4. The smallest absolute Gasteiger partial charge is 0.264 e. The van der Waals surface area contributed by atoms with E-state index in [0.717, 1.165) is 29.3 Å². The molecular weight excluding hydrogens is 384 g/mol. The molecule has 0 atom stereocenters. The van der Waals surface area contributed by atoms with Crippen molar-refractivity contribution in [3.63, 3.8) is 0 Å². The van der Waals surface area contributed by atoms with Gasteiger partial charge < -0.3 is 10.1 Å². The van der Waals surface area contributed by atoms with Crippen LogP contribution in [-0.4, -0.2) is 28.7 Å². The number of amides is 1. The summed E-state index contributed by atoms with van der Waals surface area (Å²) in [6.45, 7) is 6.71. The van der Waals surface area contributed by atoms with E-state index in [0.29, 0.717) is 34.0 Å². The summed E-state index contributed by atoms with van der Waals surface area (Å²) in [5.74, 6) is 0.398. The van der Waals surface area contributed by atoms with Crippen molar-refractivity contribution in [3.05, 3.63) is 40.4 Å². The van der Waals surface area contributed by atoms with Crippen molar-refractivity contribution in [1.29, 1.82) is 5.26 Å². The van der Waals surface area contributed by atoms with Gasteiger partial charge in [0.15, 0.2) is 5.17 Å². The van der Waals surface area contributed by atoms with Gasteiger partial charge in [0.1, 0.15) is 17.4 Å². The van der Waals surface area contributed by atoms with E-state index < -0.39 is 0 Å². The average Bonchev–Trinajstić information content (AvgIpc) is 3.41. The number of hydrogen-bond acceptors (Lipinski definition) is 6. The Bertz CT molecular complexity index is 1090. The topological polar surface area (TPSA) is 87.4 Å². The first kappa shape index (κ1) is 19.5. The number of nitrogens with zero attached hydrogens (tertiary/aromatic N) is 3. The van der Waals surface area contributed by atoms with E-state index in [4.69, 9.17) is 4.74 Å². The standard InChI is InChI=1S/C22H22N4O2S/c1-22(2,3)12-28-19-14(10-23)11-24-17-7-4-13(8-16(17)19)9-18-20(27)26-21(29-18)25-15-5-6-15/h4,7-9,11,15H,5-6,12H2,1-3H3,(H,25,26,27). The van der Waals surface area contributed by atoms with Crippen molar-refractivity contribution in [3.8, 4) is 11.8 Å². The number of aromatic nitrogens is 1. The second kappa shape index (κ2) is 7.53. The van der Waals surface area contributed by atoms with Gasteiger partial charge in [-0.2, -0.15) is 5.26 Å². The van der Waals surface area contributed by atoms with Crippen LogP contribution in [0.2, 0.25) is 0 Å². The van der Waals surface area contributed by atoms with Crippen LogP contribution >= 0.6 is 11.8 Å². The highest BCUT2D eigenvalue weighted by atomic mass is 32.2. The van der Waals surface area contributed by atoms with Crippen LogP contribution in [0.25, 0.3) is 17.0 Å². The normalized spacial score (nSPS) is 19.6. The number of aliphatic imine (C=N–C) groups is 1. The Morgan fingerprint density at radius 2 is 2.21 bits per heavy atom. The molecule has 2 aromatic rings. The van der Waals surface area contributed by atoms with Crippen LogP contribution in [0.3, 0.4) is 0 Å². The van der Waals surface area contributed by atoms with Gasteiger partial charge in [-0.05, 0) is 53.8 Å². The van der Waals surface area contributed by atoms with E-state index in [1.807, 2.05) is 24.3 Å². The number of fused-ring (bicyclic) bond motifs is 1. The number of nitrogens with one attached hydrogen (secondary N) is 1. The van der Waals surface area contributed by atoms with Gasteiger partial charge in [0.05, 0.1) is 23.1 Å². The zero-order chi connectivity index (χ0) is 20.6. The molecule has 2 fully saturated rings. The molecule has 0 spiro atoms. The molecule has 0 bridgehead atoms. The quantitative estimate of drug-likeness (QED) is 0.767. The third kappa shape index (κ3) is 4.60. The van der Waals surface area contributed by atoms with Gasteiger partial charge in [0.25, 0.3) is 5.91 Å². The molecule has 1 aromatic heterocycles. The lowest BCUT2D eigenvalue weighted by Crippen LogP contribution is -2.20. The zero-order valence-corrected chi connectivity index (χ0v) is 17.5. The van der Waals surface area contributed by atoms with Gasteiger partial charge in [-0.25, -0.2) is 0 Å². The number of nitriles is 1. The molecule has 0 unspecified atom stereocenters. The van der Waals surface area contributed by atoms with Crippen LogP contribution in [-0.2, 0) is 4.79 Å². The van der Waals surface area contributed by atoms with Crippen molar-refractivity contribution < 1.29 is 9.53 Å². The molecule has 1 aliphatic heterocycles. The molecule has 1 aromatic carbocycles. The molecule has 7 heteroatoms. The Balaban J connectivity index is 1.69. The minimum atomic E-state index is -0.136. The highest BCUT2D eigenvalue weighted by molar-refractivity contribution is 8.18. The molecule has 1 aliphatic carbocycles. The Hall–Kier alpha value is -2.85. The Morgan fingerprint density at radius 1 is 1.41 bits per heavy atom. The van der Waals surface area contributed by atoms with Crippen molar-refractivity contribution in [2.75, 3.05) is 6.61 Å². The summed E-state index contributed by atoms with van der Waals surface area (Å²) >= 11 is 1.36. The molecule has 1 N–H and O–H groups in total. The maximum Gasteiger partial charge on any atom is 0.264 e. The van der Waals surface area contributed by atoms with E-state index in [-0.39, 0.29) is 11.3 Å². The second-order valence-corrected chi connectivity index (χ2v) is 9.50. The first-order valence-electron chi connectivity index (χ1n) is 9.57. The predicted octanol–water partition coefficient (Wildman–Crippen LogP) is 4.25. The van der Waals surface area contributed by atoms with Crippen molar-refractivity contribution in [1.82, 2.24) is 10.3 Å². The summed E-state index contributed by atoms with van der Waals surface area (Å²) < 4.78 is 6.03. The molecule has 1 saturated heterocycles. The van der Waals surface area contributed by atoms with E-state index in [1.54, 1.807) is 6.20 Å². The van der Waals surface area contributed by atoms with Gasteiger partial charge in [-0.3, -0.25) is 14.8 Å². The van der Waals surface area contributed by atoms with Crippen LogP contribution in [0, 0.1) is 16.7 Å². The number of hydrogen-bond donors (Lipinski definition) is 1. The van der Waals surface area contributed by atoms with Gasteiger partial charge in [0.2, 0.25) is 0 Å². The maximum absolute atomic E-state index is 12.3. The van der Waals surface area contributed by atoms with Gasteiger partial charge in [-0.1, -0.05) is 26.8 Å². The summed E-state index contributed by atoms with van der Waals surface area (Å²) in [5, 5.41) is 13.8. The summed E-state index contributed by atoms with van der Waals surface area (Å²) in [5.41, 5.74) is 1.95. The largest absolute Gasteiger partial charge is 0.491 e. The number of ether oxygens (including phenoxy) is 1. The fraction of sp³-hybridized carbons (Fsp3) is 0.364. The summed E-state index contributed by atoms with van der Waals surface area (Å²) in [6, 6.07) is 8.23. The highest BCUT2D eigenvalue weighted by Crippen LogP contribution is 2.33. The number of amidine groups is 1. The molecule has 1 amide bonds. The van der Waals surface area contributed by atoms with E-state index in [2.05, 4.69) is 42.1 Å². The highest BCUT2D eigenvalue weighted by Gasteiger charge is 2.28. The molecule has 1 saturated carbocycles. The number of benzene rings is 1. The Kier molecular flexibility index (Phi) is 5.05. The van der Waals surface area contributed by atoms with Crippen LogP contribution in [0.5, 0.6) is 5.75 Å². The van der Waals surface area contributed by atoms with Crippen LogP contribution in [0.15, 0.2) is 34.3 Å². The van der Waals surface area contributed by atoms with Crippen LogP contribution in [0.1, 0.15) is 44.7 Å². The lowest BCUT2D eigenvalue weighted by molar-refractivity contribution is -0.115. The summed E-state index contributed by atoms with van der Waals surface area (Å²) in [7, 11) is 0. The van der Waals surface area contributed by atoms with Crippen molar-refractivity contribution in [2.24, 2.45) is 10.4 Å². The first-order valence-corrected chi connectivity index (χ1v) is 10.4. The second-order valence-electron chi connectivity index (χ2n) is 8.47. The molecule has 2 aliphatic rings. The maximum atomic E-state index is 12.3. The summed E-state index contributed by atoms with van der Waals surface area (Å²) in [4.78, 5) is 21.8. The predicted molar refractivity (Wildman–Crippen MR) is 116 cm³/mol. The lowest BCUT2D eigenvalue weighted by Gasteiger charge is -2.20. The monoisotopic (exact) mass is 406 g/mol. The summed E-state index contributed by atoms with van der Waals surface area (Å²) in [6.07, 6.45) is 5.56. The zero-order valence-electron chi connectivity index (χ0n) is 16.7. The number of pyridine rings is 1. The molecule has 148 valence electrons. The van der Waals surface area contributed by atoms with Crippen LogP contribution < -0.4 is 10.1 Å². The van der Waals surface area contributed by atoms with Crippen molar-refractivity contribution in [2.45, 2.75) is 39.7 Å².